The van der Waals surface area contributed by atoms with Gasteiger partial charge in [-0.2, -0.15) is 5.26 Å². The highest BCUT2D eigenvalue weighted by Gasteiger charge is 2.32. The molecule has 1 atom stereocenters. The zero-order valence-corrected chi connectivity index (χ0v) is 21.8. The van der Waals surface area contributed by atoms with Gasteiger partial charge in [0.1, 0.15) is 35.6 Å². The Morgan fingerprint density at radius 3 is 2.60 bits per heavy atom. The van der Waals surface area contributed by atoms with Crippen molar-refractivity contribution in [1.29, 1.82) is 5.26 Å². The molecule has 2 N–H and O–H groups in total. The molecule has 0 aliphatic carbocycles. The van der Waals surface area contributed by atoms with Crippen molar-refractivity contribution in [2.45, 2.75) is 19.4 Å². The first kappa shape index (κ1) is 26.3. The summed E-state index contributed by atoms with van der Waals surface area (Å²) in [6.07, 6.45) is 0. The fourth-order valence-electron chi connectivity index (χ4n) is 4.53. The standard InChI is InChI=1S/C32H25FN2O5/c1-19-6-5-8-21(14-19)32(36)39-23-11-12-24-28(16-23)40-31(35)25(17-34)30(24)20-10-13-27(29(15-20)37-2)38-18-22-7-3-4-9-26(22)33/h3-16,30H,18,35H2,1-2H3. The van der Waals surface area contributed by atoms with Gasteiger partial charge in [0.15, 0.2) is 11.5 Å². The van der Waals surface area contributed by atoms with E-state index in [0.29, 0.717) is 39.5 Å². The van der Waals surface area contributed by atoms with Crippen LogP contribution in [0.2, 0.25) is 0 Å². The Morgan fingerprint density at radius 2 is 1.85 bits per heavy atom. The molecule has 0 amide bonds. The number of nitrogens with two attached hydrogens (primary N) is 1. The van der Waals surface area contributed by atoms with E-state index in [0.717, 1.165) is 5.56 Å². The number of rotatable bonds is 7. The molecule has 1 unspecified atom stereocenters. The monoisotopic (exact) mass is 536 g/mol. The molecule has 1 aliphatic heterocycles. The van der Waals surface area contributed by atoms with E-state index in [1.54, 1.807) is 72.8 Å². The van der Waals surface area contributed by atoms with Crippen molar-refractivity contribution in [3.8, 4) is 29.1 Å². The number of fused-ring (bicyclic) bond motifs is 1. The highest BCUT2D eigenvalue weighted by molar-refractivity contribution is 5.91. The molecule has 0 aromatic heterocycles. The Kier molecular flexibility index (Phi) is 7.38. The molecule has 5 rings (SSSR count). The number of hydrogen-bond acceptors (Lipinski definition) is 7. The van der Waals surface area contributed by atoms with Gasteiger partial charge in [0.25, 0.3) is 0 Å². The second kappa shape index (κ2) is 11.2. The lowest BCUT2D eigenvalue weighted by Crippen LogP contribution is -2.21. The van der Waals surface area contributed by atoms with Gasteiger partial charge in [-0.25, -0.2) is 9.18 Å². The minimum atomic E-state index is -0.579. The summed E-state index contributed by atoms with van der Waals surface area (Å²) in [5.41, 5.74) is 9.50. The van der Waals surface area contributed by atoms with Crippen LogP contribution in [0.1, 0.15) is 38.5 Å². The van der Waals surface area contributed by atoms with E-state index in [4.69, 9.17) is 24.7 Å². The van der Waals surface area contributed by atoms with Crippen molar-refractivity contribution in [3.05, 3.63) is 130 Å². The van der Waals surface area contributed by atoms with Crippen LogP contribution in [0.25, 0.3) is 0 Å². The molecular weight excluding hydrogens is 511 g/mol. The van der Waals surface area contributed by atoms with Gasteiger partial charge in [-0.3, -0.25) is 0 Å². The highest BCUT2D eigenvalue weighted by Crippen LogP contribution is 2.45. The Hall–Kier alpha value is -5.29. The molecule has 40 heavy (non-hydrogen) atoms. The van der Waals surface area contributed by atoms with E-state index in [9.17, 15) is 14.4 Å². The molecule has 0 radical (unpaired) electrons. The van der Waals surface area contributed by atoms with Crippen LogP contribution in [0.4, 0.5) is 4.39 Å². The van der Waals surface area contributed by atoms with Crippen LogP contribution in [-0.2, 0) is 6.61 Å². The number of esters is 1. The summed E-state index contributed by atoms with van der Waals surface area (Å²) < 4.78 is 36.8. The van der Waals surface area contributed by atoms with Gasteiger partial charge >= 0.3 is 5.97 Å². The van der Waals surface area contributed by atoms with Crippen LogP contribution >= 0.6 is 0 Å². The van der Waals surface area contributed by atoms with Gasteiger partial charge in [0.05, 0.1) is 18.6 Å². The van der Waals surface area contributed by atoms with Gasteiger partial charge in [0, 0.05) is 17.2 Å². The van der Waals surface area contributed by atoms with E-state index < -0.39 is 11.9 Å². The maximum atomic E-state index is 14.0. The van der Waals surface area contributed by atoms with Crippen LogP contribution in [0.15, 0.2) is 96.4 Å². The molecule has 0 saturated heterocycles. The lowest BCUT2D eigenvalue weighted by molar-refractivity contribution is 0.0734. The number of methoxy groups -OCH3 is 1. The summed E-state index contributed by atoms with van der Waals surface area (Å²) in [7, 11) is 1.50. The molecule has 0 bridgehead atoms. The molecule has 4 aromatic carbocycles. The second-order valence-corrected chi connectivity index (χ2v) is 9.17. The fourth-order valence-corrected chi connectivity index (χ4v) is 4.53. The van der Waals surface area contributed by atoms with Gasteiger partial charge in [-0.1, -0.05) is 48.0 Å². The van der Waals surface area contributed by atoms with E-state index >= 15 is 0 Å². The minimum Gasteiger partial charge on any atom is -0.493 e. The summed E-state index contributed by atoms with van der Waals surface area (Å²) in [6, 6.07) is 25.8. The topological polar surface area (TPSA) is 104 Å². The largest absolute Gasteiger partial charge is 0.493 e. The van der Waals surface area contributed by atoms with Crippen LogP contribution in [-0.4, -0.2) is 13.1 Å². The Bertz CT molecular complexity index is 1670. The molecule has 7 nitrogen and oxygen atoms in total. The number of carbonyl (C=O) groups is 1. The van der Waals surface area contributed by atoms with E-state index in [-0.39, 0.29) is 29.6 Å². The molecule has 8 heteroatoms. The van der Waals surface area contributed by atoms with Gasteiger partial charge < -0.3 is 24.7 Å². The van der Waals surface area contributed by atoms with Crippen molar-refractivity contribution in [1.82, 2.24) is 0 Å². The quantitative estimate of drug-likeness (QED) is 0.223. The van der Waals surface area contributed by atoms with Crippen LogP contribution < -0.4 is 24.7 Å². The summed E-state index contributed by atoms with van der Waals surface area (Å²) in [5, 5.41) is 9.93. The van der Waals surface area contributed by atoms with Crippen molar-refractivity contribution >= 4 is 5.97 Å². The average molecular weight is 537 g/mol. The molecular formula is C32H25FN2O5. The molecule has 1 heterocycles. The summed E-state index contributed by atoms with van der Waals surface area (Å²) in [4.78, 5) is 12.7. The van der Waals surface area contributed by atoms with Crippen molar-refractivity contribution in [2.75, 3.05) is 7.11 Å². The number of halogens is 1. The number of hydrogen-bond donors (Lipinski definition) is 1. The van der Waals surface area contributed by atoms with Crippen LogP contribution in [0.5, 0.6) is 23.0 Å². The number of ether oxygens (including phenoxy) is 4. The third-order valence-electron chi connectivity index (χ3n) is 6.52. The third-order valence-corrected chi connectivity index (χ3v) is 6.52. The highest BCUT2D eigenvalue weighted by atomic mass is 19.1. The number of allylic oxidation sites excluding steroid dienone is 1. The Labute approximate surface area is 230 Å². The molecule has 0 saturated carbocycles. The van der Waals surface area contributed by atoms with Crippen molar-refractivity contribution < 1.29 is 28.1 Å². The number of aryl methyl sites for hydroxylation is 1. The third kappa shape index (κ3) is 5.31. The number of nitrogens with zero attached hydrogens (tertiary/aromatic N) is 1. The lowest BCUT2D eigenvalue weighted by atomic mass is 9.83. The minimum absolute atomic E-state index is 0.0167. The Balaban J connectivity index is 1.44. The maximum absolute atomic E-state index is 14.0. The smallest absolute Gasteiger partial charge is 0.343 e. The predicted octanol–water partition coefficient (Wildman–Crippen LogP) is 6.16. The fraction of sp³-hybridized carbons (Fsp3) is 0.125. The summed E-state index contributed by atoms with van der Waals surface area (Å²) in [5.74, 6) is -0.0578. The first-order chi connectivity index (χ1) is 19.4. The van der Waals surface area contributed by atoms with E-state index in [1.165, 1.54) is 13.2 Å². The maximum Gasteiger partial charge on any atom is 0.343 e. The number of carbonyl (C=O) groups excluding carboxylic acids is 1. The van der Waals surface area contributed by atoms with Gasteiger partial charge in [-0.05, 0) is 48.9 Å². The zero-order chi connectivity index (χ0) is 28.2. The van der Waals surface area contributed by atoms with E-state index in [1.807, 2.05) is 13.0 Å². The summed E-state index contributed by atoms with van der Waals surface area (Å²) >= 11 is 0. The molecule has 200 valence electrons. The molecule has 1 aliphatic rings. The van der Waals surface area contributed by atoms with Crippen LogP contribution in [0.3, 0.4) is 0 Å². The normalized spacial score (nSPS) is 14.0. The first-order valence-corrected chi connectivity index (χ1v) is 12.4. The van der Waals surface area contributed by atoms with Crippen molar-refractivity contribution in [2.24, 2.45) is 5.73 Å². The van der Waals surface area contributed by atoms with Crippen LogP contribution in [0, 0.1) is 24.1 Å². The average Bonchev–Trinajstić information content (AvgIpc) is 2.96. The molecule has 4 aromatic rings. The number of nitriles is 1. The van der Waals surface area contributed by atoms with Gasteiger partial charge in [-0.15, -0.1) is 0 Å². The summed E-state index contributed by atoms with van der Waals surface area (Å²) in [6.45, 7) is 1.91. The lowest BCUT2D eigenvalue weighted by Gasteiger charge is -2.27. The second-order valence-electron chi connectivity index (χ2n) is 9.17. The first-order valence-electron chi connectivity index (χ1n) is 12.4. The zero-order valence-electron chi connectivity index (χ0n) is 21.8. The van der Waals surface area contributed by atoms with E-state index in [2.05, 4.69) is 6.07 Å². The molecule has 0 spiro atoms. The SMILES string of the molecule is COc1cc(C2C(C#N)=C(N)Oc3cc(OC(=O)c4cccc(C)c4)ccc32)ccc1OCc1ccccc1F. The molecule has 0 fully saturated rings. The predicted molar refractivity (Wildman–Crippen MR) is 146 cm³/mol. The number of benzene rings is 4. The van der Waals surface area contributed by atoms with Gasteiger partial charge in [0.2, 0.25) is 5.88 Å². The van der Waals surface area contributed by atoms with Crippen molar-refractivity contribution in [3.63, 3.8) is 0 Å². The Morgan fingerprint density at radius 1 is 1.02 bits per heavy atom.